The monoisotopic (exact) mass is 462 g/mol. The molecule has 2 heterocycles. The first-order chi connectivity index (χ1) is 15.2. The smallest absolute Gasteiger partial charge is 0.332 e. The number of nitrogens with zero attached hydrogens (tertiary/aromatic N) is 2. The van der Waals surface area contributed by atoms with Crippen LogP contribution in [-0.2, 0) is 22.7 Å². The lowest BCUT2D eigenvalue weighted by atomic mass is 9.81. The molecule has 3 rings (SSSR count). The highest BCUT2D eigenvalue weighted by Gasteiger charge is 2.28. The first-order valence-corrected chi connectivity index (χ1v) is 12.4. The number of thiophene rings is 1. The average molecular weight is 463 g/mol. The highest BCUT2D eigenvalue weighted by Crippen LogP contribution is 2.30. The molecule has 0 spiro atoms. The van der Waals surface area contributed by atoms with E-state index >= 15 is 0 Å². The summed E-state index contributed by atoms with van der Waals surface area (Å²) in [5.74, 6) is -0.00419. The molecular weight excluding hydrogens is 428 g/mol. The minimum Gasteiger partial charge on any atom is -0.354 e. The van der Waals surface area contributed by atoms with Gasteiger partial charge in [-0.25, -0.2) is 4.79 Å². The molecule has 1 atom stereocenters. The minimum atomic E-state index is -0.445. The normalized spacial score (nSPS) is 19.8. The summed E-state index contributed by atoms with van der Waals surface area (Å²) in [4.78, 5) is 51.0. The molecule has 0 aliphatic heterocycles. The van der Waals surface area contributed by atoms with Crippen molar-refractivity contribution in [2.24, 2.45) is 11.8 Å². The molecular formula is C23H34N4O4S. The lowest BCUT2D eigenvalue weighted by Gasteiger charge is -2.28. The van der Waals surface area contributed by atoms with E-state index in [2.05, 4.69) is 10.6 Å². The van der Waals surface area contributed by atoms with Crippen LogP contribution in [0.4, 0.5) is 0 Å². The fourth-order valence-electron chi connectivity index (χ4n) is 4.28. The van der Waals surface area contributed by atoms with E-state index < -0.39 is 5.69 Å². The van der Waals surface area contributed by atoms with Crippen molar-refractivity contribution in [3.63, 3.8) is 0 Å². The Morgan fingerprint density at radius 3 is 2.41 bits per heavy atom. The van der Waals surface area contributed by atoms with E-state index in [-0.39, 0.29) is 47.8 Å². The number of hydrogen-bond donors (Lipinski definition) is 2. The quantitative estimate of drug-likeness (QED) is 0.629. The maximum Gasteiger partial charge on any atom is 0.332 e. The Morgan fingerprint density at radius 2 is 1.78 bits per heavy atom. The summed E-state index contributed by atoms with van der Waals surface area (Å²) < 4.78 is 3.19. The first kappa shape index (κ1) is 24.2. The molecule has 0 unspecified atom stereocenters. The van der Waals surface area contributed by atoms with Gasteiger partial charge in [-0.15, -0.1) is 11.3 Å². The van der Waals surface area contributed by atoms with Gasteiger partial charge in [-0.2, -0.15) is 0 Å². The Labute approximate surface area is 192 Å². The second-order valence-electron chi connectivity index (χ2n) is 9.18. The Morgan fingerprint density at radius 1 is 1.09 bits per heavy atom. The predicted molar refractivity (Wildman–Crippen MR) is 127 cm³/mol. The summed E-state index contributed by atoms with van der Waals surface area (Å²) in [6.07, 6.45) is 3.89. The van der Waals surface area contributed by atoms with Crippen LogP contribution in [0.3, 0.4) is 0 Å². The van der Waals surface area contributed by atoms with E-state index in [1.165, 1.54) is 20.5 Å². The van der Waals surface area contributed by atoms with Gasteiger partial charge in [0.1, 0.15) is 11.2 Å². The molecule has 9 heteroatoms. The van der Waals surface area contributed by atoms with Gasteiger partial charge in [-0.1, -0.05) is 6.92 Å². The average Bonchev–Trinajstić information content (AvgIpc) is 3.24. The number of nitrogens with one attached hydrogen (secondary N) is 2. The fraction of sp³-hybridized carbons (Fsp3) is 0.652. The van der Waals surface area contributed by atoms with E-state index in [1.807, 2.05) is 27.7 Å². The highest BCUT2D eigenvalue weighted by atomic mass is 32.1. The highest BCUT2D eigenvalue weighted by molar-refractivity contribution is 7.17. The van der Waals surface area contributed by atoms with Crippen LogP contribution in [0.15, 0.2) is 21.0 Å². The molecule has 8 nitrogen and oxygen atoms in total. The Bertz CT molecular complexity index is 1080. The predicted octanol–water partition coefficient (Wildman–Crippen LogP) is 2.47. The Balaban J connectivity index is 1.79. The van der Waals surface area contributed by atoms with Crippen molar-refractivity contribution in [2.75, 3.05) is 0 Å². The molecule has 0 saturated heterocycles. The van der Waals surface area contributed by atoms with Crippen LogP contribution in [-0.4, -0.2) is 33.0 Å². The number of carbonyl (C=O) groups is 2. The van der Waals surface area contributed by atoms with Gasteiger partial charge in [0.2, 0.25) is 11.8 Å². The van der Waals surface area contributed by atoms with Crippen molar-refractivity contribution >= 4 is 33.4 Å². The number of aromatic nitrogens is 2. The van der Waals surface area contributed by atoms with Crippen molar-refractivity contribution in [1.82, 2.24) is 19.8 Å². The molecule has 1 aliphatic carbocycles. The Hall–Kier alpha value is -2.42. The first-order valence-electron chi connectivity index (χ1n) is 11.5. The van der Waals surface area contributed by atoms with Gasteiger partial charge in [0.15, 0.2) is 0 Å². The summed E-state index contributed by atoms with van der Waals surface area (Å²) in [7, 11) is 0. The summed E-state index contributed by atoms with van der Waals surface area (Å²) in [6, 6.07) is 1.86. The van der Waals surface area contributed by atoms with E-state index in [0.717, 1.165) is 32.1 Å². The SMILES string of the molecule is CC[C@@H](C)NC(=O)Cn1c(=O)n(CC2CCC(C(=O)NC(C)C)CC2)c(=O)c2sccc21. The largest absolute Gasteiger partial charge is 0.354 e. The summed E-state index contributed by atoms with van der Waals surface area (Å²) in [5, 5.41) is 7.63. The second kappa shape index (κ2) is 10.5. The molecule has 1 fully saturated rings. The molecule has 1 saturated carbocycles. The Kier molecular flexibility index (Phi) is 7.92. The fourth-order valence-corrected chi connectivity index (χ4v) is 5.12. The van der Waals surface area contributed by atoms with Crippen LogP contribution >= 0.6 is 11.3 Å². The van der Waals surface area contributed by atoms with Crippen LogP contribution in [0.5, 0.6) is 0 Å². The zero-order valence-electron chi connectivity index (χ0n) is 19.3. The molecule has 2 aromatic heterocycles. The summed E-state index contributed by atoms with van der Waals surface area (Å²) >= 11 is 1.29. The van der Waals surface area contributed by atoms with Gasteiger partial charge in [0.25, 0.3) is 5.56 Å². The zero-order chi connectivity index (χ0) is 23.4. The third kappa shape index (κ3) is 5.49. The van der Waals surface area contributed by atoms with Gasteiger partial charge in [0, 0.05) is 24.5 Å². The summed E-state index contributed by atoms with van der Waals surface area (Å²) in [6.45, 7) is 8.00. The second-order valence-corrected chi connectivity index (χ2v) is 10.1. The van der Waals surface area contributed by atoms with Gasteiger partial charge < -0.3 is 10.6 Å². The van der Waals surface area contributed by atoms with Crippen molar-refractivity contribution in [2.45, 2.75) is 85.0 Å². The third-order valence-corrected chi connectivity index (χ3v) is 7.14. The third-order valence-electron chi connectivity index (χ3n) is 6.25. The molecule has 0 bridgehead atoms. The number of amides is 2. The number of rotatable bonds is 8. The van der Waals surface area contributed by atoms with E-state index in [0.29, 0.717) is 16.8 Å². The lowest BCUT2D eigenvalue weighted by molar-refractivity contribution is -0.126. The zero-order valence-corrected chi connectivity index (χ0v) is 20.2. The molecule has 176 valence electrons. The number of carbonyl (C=O) groups excluding carboxylic acids is 2. The molecule has 32 heavy (non-hydrogen) atoms. The molecule has 2 aromatic rings. The molecule has 0 aromatic carbocycles. The van der Waals surface area contributed by atoms with Crippen LogP contribution in [0.2, 0.25) is 0 Å². The van der Waals surface area contributed by atoms with Gasteiger partial charge in [0.05, 0.1) is 5.52 Å². The van der Waals surface area contributed by atoms with Crippen LogP contribution in [0.1, 0.15) is 59.8 Å². The topological polar surface area (TPSA) is 102 Å². The standard InChI is InChI=1S/C23H34N4O4S/c1-5-15(4)25-19(28)13-26-18-10-11-32-20(18)22(30)27(23(26)31)12-16-6-8-17(9-7-16)21(29)24-14(2)3/h10-11,14-17H,5-9,12-13H2,1-4H3,(H,24,29)(H,25,28)/t15-,16?,17?/m1/s1. The number of fused-ring (bicyclic) bond motifs is 1. The van der Waals surface area contributed by atoms with Crippen LogP contribution < -0.4 is 21.9 Å². The van der Waals surface area contributed by atoms with Crippen molar-refractivity contribution in [1.29, 1.82) is 0 Å². The summed E-state index contributed by atoms with van der Waals surface area (Å²) in [5.41, 5.74) is -0.229. The van der Waals surface area contributed by atoms with Gasteiger partial charge >= 0.3 is 5.69 Å². The van der Waals surface area contributed by atoms with Crippen molar-refractivity contribution in [3.05, 3.63) is 32.3 Å². The van der Waals surface area contributed by atoms with Gasteiger partial charge in [-0.05, 0) is 70.2 Å². The van der Waals surface area contributed by atoms with Gasteiger partial charge in [-0.3, -0.25) is 23.5 Å². The molecule has 2 amide bonds. The maximum absolute atomic E-state index is 13.2. The van der Waals surface area contributed by atoms with E-state index in [1.54, 1.807) is 11.4 Å². The molecule has 2 N–H and O–H groups in total. The van der Waals surface area contributed by atoms with E-state index in [9.17, 15) is 19.2 Å². The van der Waals surface area contributed by atoms with Crippen LogP contribution in [0.25, 0.3) is 10.2 Å². The number of hydrogen-bond acceptors (Lipinski definition) is 5. The van der Waals surface area contributed by atoms with Crippen molar-refractivity contribution in [3.8, 4) is 0 Å². The van der Waals surface area contributed by atoms with Crippen LogP contribution in [0, 0.1) is 11.8 Å². The van der Waals surface area contributed by atoms with Crippen molar-refractivity contribution < 1.29 is 9.59 Å². The lowest BCUT2D eigenvalue weighted by Crippen LogP contribution is -2.44. The molecule has 1 aliphatic rings. The maximum atomic E-state index is 13.2. The minimum absolute atomic E-state index is 0.00828. The van der Waals surface area contributed by atoms with E-state index in [4.69, 9.17) is 0 Å². The molecule has 0 radical (unpaired) electrons.